The summed E-state index contributed by atoms with van der Waals surface area (Å²) in [5.41, 5.74) is 3.21. The smallest absolute Gasteiger partial charge is 0.228 e. The van der Waals surface area contributed by atoms with Crippen LogP contribution in [0, 0.1) is 17.3 Å². The van der Waals surface area contributed by atoms with Gasteiger partial charge in [0.2, 0.25) is 11.8 Å². The number of fused-ring (bicyclic) bond motifs is 1. The van der Waals surface area contributed by atoms with Crippen LogP contribution < -0.4 is 10.6 Å². The molecule has 1 unspecified atom stereocenters. The number of rotatable bonds is 10. The van der Waals surface area contributed by atoms with Crippen molar-refractivity contribution in [3.05, 3.63) is 53.6 Å². The number of carbonyl (C=O) groups excluding carboxylic acids is 2. The third kappa shape index (κ3) is 6.32. The Morgan fingerprint density at radius 3 is 2.69 bits per heavy atom. The van der Waals surface area contributed by atoms with E-state index in [4.69, 9.17) is 0 Å². The zero-order valence-corrected chi connectivity index (χ0v) is 20.3. The molecule has 1 aliphatic heterocycles. The van der Waals surface area contributed by atoms with Gasteiger partial charge in [-0.2, -0.15) is 0 Å². The number of benzene rings is 1. The van der Waals surface area contributed by atoms with Gasteiger partial charge in [0, 0.05) is 24.7 Å². The van der Waals surface area contributed by atoms with Crippen molar-refractivity contribution in [2.45, 2.75) is 58.9 Å². The quantitative estimate of drug-likeness (QED) is 0.572. The van der Waals surface area contributed by atoms with Gasteiger partial charge >= 0.3 is 0 Å². The maximum Gasteiger partial charge on any atom is 0.228 e. The summed E-state index contributed by atoms with van der Waals surface area (Å²) in [6.45, 7) is 7.36. The second kappa shape index (κ2) is 10.5. The molecule has 1 aromatic rings. The molecule has 3 rings (SSSR count). The molecule has 2 amide bonds. The molecular formula is C27H39N3O2. The van der Waals surface area contributed by atoms with Crippen molar-refractivity contribution in [3.63, 3.8) is 0 Å². The molecule has 1 aromatic carbocycles. The summed E-state index contributed by atoms with van der Waals surface area (Å²) in [5.74, 6) is 1.07. The first-order chi connectivity index (χ1) is 15.2. The van der Waals surface area contributed by atoms with Crippen LogP contribution in [0.1, 0.15) is 51.2 Å². The van der Waals surface area contributed by atoms with Gasteiger partial charge in [0.25, 0.3) is 0 Å². The van der Waals surface area contributed by atoms with Gasteiger partial charge in [-0.25, -0.2) is 0 Å². The van der Waals surface area contributed by atoms with Gasteiger partial charge in [-0.1, -0.05) is 57.2 Å². The first-order valence-electron chi connectivity index (χ1n) is 11.9. The van der Waals surface area contributed by atoms with E-state index in [1.807, 2.05) is 6.07 Å². The highest BCUT2D eigenvalue weighted by Crippen LogP contribution is 2.41. The number of nitrogens with zero attached hydrogens (tertiary/aromatic N) is 1. The van der Waals surface area contributed by atoms with Crippen molar-refractivity contribution in [3.8, 4) is 0 Å². The first-order valence-corrected chi connectivity index (χ1v) is 11.9. The summed E-state index contributed by atoms with van der Waals surface area (Å²) in [7, 11) is 4.11. The van der Waals surface area contributed by atoms with E-state index in [1.165, 1.54) is 5.56 Å². The Labute approximate surface area is 193 Å². The molecule has 0 saturated heterocycles. The van der Waals surface area contributed by atoms with E-state index < -0.39 is 0 Å². The number of carbonyl (C=O) groups is 2. The fourth-order valence-corrected chi connectivity index (χ4v) is 4.85. The van der Waals surface area contributed by atoms with E-state index in [0.717, 1.165) is 30.5 Å². The zero-order chi connectivity index (χ0) is 23.3. The largest absolute Gasteiger partial charge is 0.355 e. The molecule has 0 radical (unpaired) electrons. The van der Waals surface area contributed by atoms with E-state index >= 15 is 0 Å². The van der Waals surface area contributed by atoms with Crippen molar-refractivity contribution in [2.24, 2.45) is 17.3 Å². The van der Waals surface area contributed by atoms with Gasteiger partial charge in [-0.3, -0.25) is 9.59 Å². The van der Waals surface area contributed by atoms with E-state index in [0.29, 0.717) is 31.2 Å². The Hall–Kier alpha value is -2.40. The Balaban J connectivity index is 1.59. The Kier molecular flexibility index (Phi) is 7.94. The van der Waals surface area contributed by atoms with Crippen molar-refractivity contribution >= 4 is 17.5 Å². The highest BCUT2D eigenvalue weighted by molar-refractivity contribution is 5.99. The lowest BCUT2D eigenvalue weighted by atomic mass is 9.68. The lowest BCUT2D eigenvalue weighted by Crippen LogP contribution is -2.42. The van der Waals surface area contributed by atoms with Gasteiger partial charge in [-0.05, 0) is 67.8 Å². The normalized spacial score (nSPS) is 21.5. The van der Waals surface area contributed by atoms with Crippen LogP contribution in [0.5, 0.6) is 0 Å². The van der Waals surface area contributed by atoms with Crippen molar-refractivity contribution in [2.75, 3.05) is 26.0 Å². The summed E-state index contributed by atoms with van der Waals surface area (Å²) in [6.07, 6.45) is 12.6. The fraction of sp³-hybridized carbons (Fsp3) is 0.556. The monoisotopic (exact) mass is 437 g/mol. The maximum absolute atomic E-state index is 13.0. The number of likely N-dealkylation sites (N-methyl/N-ethyl adjacent to an activating group) is 1. The highest BCUT2D eigenvalue weighted by Gasteiger charge is 2.33. The highest BCUT2D eigenvalue weighted by atomic mass is 16.2. The van der Waals surface area contributed by atoms with Crippen LogP contribution in [-0.4, -0.2) is 43.4 Å². The van der Waals surface area contributed by atoms with Crippen LogP contribution in [0.25, 0.3) is 0 Å². The van der Waals surface area contributed by atoms with Crippen molar-refractivity contribution < 1.29 is 9.59 Å². The molecule has 0 bridgehead atoms. The third-order valence-corrected chi connectivity index (χ3v) is 6.93. The minimum atomic E-state index is 0.0349. The first kappa shape index (κ1) is 24.2. The second-order valence-electron chi connectivity index (χ2n) is 10.4. The molecule has 2 N–H and O–H groups in total. The number of hydrogen-bond donors (Lipinski definition) is 2. The lowest BCUT2D eigenvalue weighted by molar-refractivity contribution is -0.123. The van der Waals surface area contributed by atoms with E-state index in [2.05, 4.69) is 86.8 Å². The predicted molar refractivity (Wildman–Crippen MR) is 132 cm³/mol. The summed E-state index contributed by atoms with van der Waals surface area (Å²) >= 11 is 0. The molecule has 5 nitrogen and oxygen atoms in total. The molecule has 0 aromatic heterocycles. The van der Waals surface area contributed by atoms with Gasteiger partial charge in [0.15, 0.2) is 0 Å². The number of anilines is 1. The summed E-state index contributed by atoms with van der Waals surface area (Å²) < 4.78 is 0. The van der Waals surface area contributed by atoms with Crippen LogP contribution in [0.3, 0.4) is 0 Å². The predicted octanol–water partition coefficient (Wildman–Crippen LogP) is 4.34. The zero-order valence-electron chi connectivity index (χ0n) is 20.3. The standard InChI is InChI=1S/C27H39N3O2/c1-19(2)13-22(27(3)11-7-6-8-12-27)17-25(31)28-18-23(30(4)5)15-20-9-10-24-21(14-20)16-26(32)29-24/h6-11,14,19,22-23H,12-13,15-18H2,1-5H3,(H,28,31)(H,29,32)/t22-,23-,27?/m0/s1. The molecule has 0 fully saturated rings. The molecule has 0 saturated carbocycles. The lowest BCUT2D eigenvalue weighted by Gasteiger charge is -2.37. The Morgan fingerprint density at radius 1 is 1.25 bits per heavy atom. The van der Waals surface area contributed by atoms with Gasteiger partial charge in [-0.15, -0.1) is 0 Å². The molecular weight excluding hydrogens is 398 g/mol. The molecule has 174 valence electrons. The van der Waals surface area contributed by atoms with Crippen LogP contribution in [-0.2, 0) is 22.4 Å². The fourth-order valence-electron chi connectivity index (χ4n) is 4.85. The van der Waals surface area contributed by atoms with Crippen molar-refractivity contribution in [1.29, 1.82) is 0 Å². The topological polar surface area (TPSA) is 61.4 Å². The van der Waals surface area contributed by atoms with Crippen LogP contribution >= 0.6 is 0 Å². The molecule has 5 heteroatoms. The van der Waals surface area contributed by atoms with Crippen LogP contribution in [0.2, 0.25) is 0 Å². The van der Waals surface area contributed by atoms with Crippen LogP contribution in [0.15, 0.2) is 42.5 Å². The molecule has 32 heavy (non-hydrogen) atoms. The summed E-state index contributed by atoms with van der Waals surface area (Å²) in [4.78, 5) is 26.8. The summed E-state index contributed by atoms with van der Waals surface area (Å²) in [5, 5.41) is 6.10. The SMILES string of the molecule is CC(C)C[C@@H](CC(=O)NC[C@H](Cc1ccc2c(c1)CC(=O)N2)N(C)C)C1(C)C=CC=CC1. The maximum atomic E-state index is 13.0. The number of amides is 2. The third-order valence-electron chi connectivity index (χ3n) is 6.93. The average molecular weight is 438 g/mol. The molecule has 2 aliphatic rings. The molecule has 3 atom stereocenters. The molecule has 1 aliphatic carbocycles. The number of allylic oxidation sites excluding steroid dienone is 4. The minimum absolute atomic E-state index is 0.0349. The van der Waals surface area contributed by atoms with Crippen LogP contribution in [0.4, 0.5) is 5.69 Å². The average Bonchev–Trinajstić information content (AvgIpc) is 3.10. The number of hydrogen-bond acceptors (Lipinski definition) is 3. The second-order valence-corrected chi connectivity index (χ2v) is 10.4. The van der Waals surface area contributed by atoms with E-state index in [1.54, 1.807) is 0 Å². The van der Waals surface area contributed by atoms with Gasteiger partial charge in [0.05, 0.1) is 6.42 Å². The number of nitrogens with one attached hydrogen (secondary N) is 2. The molecule has 1 heterocycles. The van der Waals surface area contributed by atoms with E-state index in [9.17, 15) is 9.59 Å². The molecule has 0 spiro atoms. The van der Waals surface area contributed by atoms with Gasteiger partial charge in [0.1, 0.15) is 0 Å². The van der Waals surface area contributed by atoms with Gasteiger partial charge < -0.3 is 15.5 Å². The Morgan fingerprint density at radius 2 is 2.03 bits per heavy atom. The Bertz CT molecular complexity index is 887. The van der Waals surface area contributed by atoms with E-state index in [-0.39, 0.29) is 23.3 Å². The summed E-state index contributed by atoms with van der Waals surface area (Å²) in [6, 6.07) is 6.38. The van der Waals surface area contributed by atoms with Crippen molar-refractivity contribution in [1.82, 2.24) is 10.2 Å². The minimum Gasteiger partial charge on any atom is -0.355 e.